The van der Waals surface area contributed by atoms with Crippen LogP contribution in [0.15, 0.2) is 84.0 Å². The van der Waals surface area contributed by atoms with Gasteiger partial charge in [-0.25, -0.2) is 0 Å². The number of aliphatic carboxylic acids is 1. The van der Waals surface area contributed by atoms with E-state index in [0.717, 1.165) is 42.9 Å². The average Bonchev–Trinajstić information content (AvgIpc) is 2.84. The fourth-order valence-electron chi connectivity index (χ4n) is 4.14. The van der Waals surface area contributed by atoms with Gasteiger partial charge >= 0.3 is 5.97 Å². The number of hydrogen-bond donors (Lipinski definition) is 1. The number of nitrogens with zero attached hydrogens (tertiary/aromatic N) is 1. The number of rotatable bonds is 9. The van der Waals surface area contributed by atoms with Gasteiger partial charge in [0.2, 0.25) is 0 Å². The van der Waals surface area contributed by atoms with Gasteiger partial charge in [0.15, 0.2) is 0 Å². The molecule has 0 unspecified atom stereocenters. The quantitative estimate of drug-likeness (QED) is 0.556. The molecule has 4 rings (SSSR count). The first kappa shape index (κ1) is 22.1. The second-order valence-electron chi connectivity index (χ2n) is 8.50. The molecule has 0 spiro atoms. The van der Waals surface area contributed by atoms with Gasteiger partial charge in [0, 0.05) is 26.1 Å². The fourth-order valence-corrected chi connectivity index (χ4v) is 4.14. The highest BCUT2D eigenvalue weighted by atomic mass is 16.5. The van der Waals surface area contributed by atoms with Gasteiger partial charge in [0.1, 0.15) is 12.4 Å². The van der Waals surface area contributed by atoms with E-state index in [9.17, 15) is 4.79 Å². The number of benzene rings is 2. The maximum absolute atomic E-state index is 10.7. The number of carboxylic acids is 1. The summed E-state index contributed by atoms with van der Waals surface area (Å²) >= 11 is 0. The lowest BCUT2D eigenvalue weighted by atomic mass is 9.95. The van der Waals surface area contributed by atoms with Crippen molar-refractivity contribution in [3.63, 3.8) is 0 Å². The maximum atomic E-state index is 10.7. The molecule has 1 aliphatic carbocycles. The molecule has 32 heavy (non-hydrogen) atoms. The van der Waals surface area contributed by atoms with Crippen LogP contribution in [0.1, 0.15) is 42.4 Å². The van der Waals surface area contributed by atoms with Gasteiger partial charge in [-0.1, -0.05) is 60.7 Å². The number of hydrogen-bond acceptors (Lipinski definition) is 3. The minimum Gasteiger partial charge on any atom is -0.489 e. The largest absolute Gasteiger partial charge is 0.489 e. The normalized spacial score (nSPS) is 16.4. The first-order chi connectivity index (χ1) is 15.7. The molecule has 0 saturated heterocycles. The van der Waals surface area contributed by atoms with E-state index in [2.05, 4.69) is 53.5 Å². The molecule has 1 heterocycles. The lowest BCUT2D eigenvalue weighted by Gasteiger charge is -2.27. The van der Waals surface area contributed by atoms with Crippen molar-refractivity contribution in [3.05, 3.63) is 101 Å². The summed E-state index contributed by atoms with van der Waals surface area (Å²) in [7, 11) is 0. The first-order valence-corrected chi connectivity index (χ1v) is 11.5. The van der Waals surface area contributed by atoms with Crippen molar-refractivity contribution in [3.8, 4) is 5.75 Å². The van der Waals surface area contributed by atoms with Crippen LogP contribution in [-0.2, 0) is 24.4 Å². The van der Waals surface area contributed by atoms with E-state index in [-0.39, 0.29) is 6.42 Å². The first-order valence-electron chi connectivity index (χ1n) is 11.5. The van der Waals surface area contributed by atoms with Crippen molar-refractivity contribution in [2.45, 2.75) is 45.3 Å². The summed E-state index contributed by atoms with van der Waals surface area (Å²) < 4.78 is 5.89. The molecule has 2 aromatic carbocycles. The summed E-state index contributed by atoms with van der Waals surface area (Å²) in [5, 5.41) is 8.78. The van der Waals surface area contributed by atoms with Crippen LogP contribution in [0.3, 0.4) is 0 Å². The third-order valence-corrected chi connectivity index (χ3v) is 6.04. The van der Waals surface area contributed by atoms with Crippen molar-refractivity contribution in [2.24, 2.45) is 0 Å². The highest BCUT2D eigenvalue weighted by molar-refractivity contribution is 5.67. The van der Waals surface area contributed by atoms with E-state index in [1.807, 2.05) is 24.3 Å². The Morgan fingerprint density at radius 2 is 1.69 bits per heavy atom. The summed E-state index contributed by atoms with van der Waals surface area (Å²) in [5.74, 6) is 0.0248. The third kappa shape index (κ3) is 6.44. The monoisotopic (exact) mass is 429 g/mol. The summed E-state index contributed by atoms with van der Waals surface area (Å²) in [4.78, 5) is 13.2. The van der Waals surface area contributed by atoms with E-state index < -0.39 is 5.97 Å². The number of carbonyl (C=O) groups is 1. The molecule has 0 aromatic heterocycles. The standard InChI is InChI=1S/C28H31NO3/c30-28(31)15-12-22-10-13-27(14-11-22)32-21-24-8-6-23(7-9-24)20-29-18-16-26(17-19-29)25-4-2-1-3-5-25/h2,4-11,13-14,16H,1,3,12,15,17-21H2,(H,30,31). The lowest BCUT2D eigenvalue weighted by Crippen LogP contribution is -2.28. The van der Waals surface area contributed by atoms with Gasteiger partial charge in [-0.05, 0) is 65.7 Å². The molecule has 4 nitrogen and oxygen atoms in total. The third-order valence-electron chi connectivity index (χ3n) is 6.04. The Bertz CT molecular complexity index is 1000. The van der Waals surface area contributed by atoms with Crippen molar-refractivity contribution >= 4 is 5.97 Å². The van der Waals surface area contributed by atoms with Crippen LogP contribution >= 0.6 is 0 Å². The SMILES string of the molecule is O=C(O)CCc1ccc(OCc2ccc(CN3CC=C(C4=CCCC=C4)CC3)cc2)cc1. The molecule has 0 bridgehead atoms. The molecular formula is C28H31NO3. The summed E-state index contributed by atoms with van der Waals surface area (Å²) in [6, 6.07) is 16.3. The van der Waals surface area contributed by atoms with Gasteiger partial charge in [-0.2, -0.15) is 0 Å². The molecular weight excluding hydrogens is 398 g/mol. The highest BCUT2D eigenvalue weighted by Gasteiger charge is 2.14. The predicted molar refractivity (Wildman–Crippen MR) is 128 cm³/mol. The van der Waals surface area contributed by atoms with Gasteiger partial charge in [0.25, 0.3) is 0 Å². The molecule has 1 N–H and O–H groups in total. The Morgan fingerprint density at radius 3 is 2.34 bits per heavy atom. The zero-order valence-electron chi connectivity index (χ0n) is 18.5. The van der Waals surface area contributed by atoms with Crippen LogP contribution in [0.5, 0.6) is 5.75 Å². The molecule has 0 radical (unpaired) electrons. The summed E-state index contributed by atoms with van der Waals surface area (Å²) in [6.07, 6.45) is 13.5. The Morgan fingerprint density at radius 1 is 0.938 bits per heavy atom. The zero-order valence-corrected chi connectivity index (χ0v) is 18.5. The maximum Gasteiger partial charge on any atom is 0.303 e. The van der Waals surface area contributed by atoms with Crippen molar-refractivity contribution in [1.29, 1.82) is 0 Å². The number of aryl methyl sites for hydroxylation is 1. The highest BCUT2D eigenvalue weighted by Crippen LogP contribution is 2.24. The van der Waals surface area contributed by atoms with Crippen LogP contribution < -0.4 is 4.74 Å². The number of carboxylic acid groups (broad SMARTS) is 1. The fraction of sp³-hybridized carbons (Fsp3) is 0.321. The number of allylic oxidation sites excluding steroid dienone is 4. The van der Waals surface area contributed by atoms with Crippen molar-refractivity contribution in [1.82, 2.24) is 4.90 Å². The smallest absolute Gasteiger partial charge is 0.303 e. The Kier molecular flexibility index (Phi) is 7.57. The molecule has 166 valence electrons. The second-order valence-corrected chi connectivity index (χ2v) is 8.50. The van der Waals surface area contributed by atoms with E-state index in [1.165, 1.54) is 29.6 Å². The number of ether oxygens (including phenoxy) is 1. The Labute approximate surface area is 190 Å². The topological polar surface area (TPSA) is 49.8 Å². The van der Waals surface area contributed by atoms with Gasteiger partial charge in [0.05, 0.1) is 0 Å². The zero-order chi connectivity index (χ0) is 22.2. The van der Waals surface area contributed by atoms with Gasteiger partial charge in [-0.15, -0.1) is 0 Å². The molecule has 4 heteroatoms. The van der Waals surface area contributed by atoms with Crippen molar-refractivity contribution in [2.75, 3.05) is 13.1 Å². The Hall–Kier alpha value is -3.11. The Balaban J connectivity index is 1.23. The molecule has 2 aromatic rings. The van der Waals surface area contributed by atoms with Gasteiger partial charge < -0.3 is 9.84 Å². The van der Waals surface area contributed by atoms with E-state index >= 15 is 0 Å². The molecule has 2 aliphatic rings. The molecule has 0 saturated carbocycles. The summed E-state index contributed by atoms with van der Waals surface area (Å²) in [5.41, 5.74) is 6.40. The molecule has 1 aliphatic heterocycles. The lowest BCUT2D eigenvalue weighted by molar-refractivity contribution is -0.136. The summed E-state index contributed by atoms with van der Waals surface area (Å²) in [6.45, 7) is 3.60. The van der Waals surface area contributed by atoms with Crippen LogP contribution in [0.25, 0.3) is 0 Å². The van der Waals surface area contributed by atoms with Crippen molar-refractivity contribution < 1.29 is 14.6 Å². The second kappa shape index (κ2) is 11.0. The van der Waals surface area contributed by atoms with E-state index in [4.69, 9.17) is 9.84 Å². The van der Waals surface area contributed by atoms with E-state index in [0.29, 0.717) is 13.0 Å². The minimum absolute atomic E-state index is 0.150. The molecule has 0 atom stereocenters. The van der Waals surface area contributed by atoms with Crippen LogP contribution in [0.2, 0.25) is 0 Å². The van der Waals surface area contributed by atoms with E-state index in [1.54, 1.807) is 0 Å². The van der Waals surface area contributed by atoms with Crippen LogP contribution in [0.4, 0.5) is 0 Å². The predicted octanol–water partition coefficient (Wildman–Crippen LogP) is 5.69. The van der Waals surface area contributed by atoms with Crippen LogP contribution in [0, 0.1) is 0 Å². The minimum atomic E-state index is -0.773. The molecule has 0 amide bonds. The van der Waals surface area contributed by atoms with Crippen LogP contribution in [-0.4, -0.2) is 29.1 Å². The average molecular weight is 430 g/mol. The molecule has 0 fully saturated rings. The van der Waals surface area contributed by atoms with Gasteiger partial charge in [-0.3, -0.25) is 9.69 Å².